The van der Waals surface area contributed by atoms with Crippen LogP contribution in [0.1, 0.15) is 42.9 Å². The molecule has 0 bridgehead atoms. The number of amides is 1. The van der Waals surface area contributed by atoms with Crippen molar-refractivity contribution in [2.24, 2.45) is 5.92 Å². The van der Waals surface area contributed by atoms with Gasteiger partial charge in [-0.05, 0) is 38.8 Å². The van der Waals surface area contributed by atoms with Crippen LogP contribution in [-0.2, 0) is 0 Å². The van der Waals surface area contributed by atoms with Crippen molar-refractivity contribution in [3.05, 3.63) is 17.5 Å². The van der Waals surface area contributed by atoms with E-state index in [1.165, 1.54) is 0 Å². The molecule has 20 heavy (non-hydrogen) atoms. The zero-order chi connectivity index (χ0) is 14.5. The molecule has 0 spiro atoms. The fraction of sp³-hybridized carbons (Fsp3) is 0.733. The van der Waals surface area contributed by atoms with Crippen molar-refractivity contribution in [3.63, 3.8) is 0 Å². The summed E-state index contributed by atoms with van der Waals surface area (Å²) in [6, 6.07) is 1.71. The van der Waals surface area contributed by atoms with Crippen LogP contribution in [0.5, 0.6) is 0 Å². The predicted octanol–water partition coefficient (Wildman–Crippen LogP) is 2.18. The van der Waals surface area contributed by atoms with Crippen LogP contribution in [-0.4, -0.2) is 53.6 Å². The van der Waals surface area contributed by atoms with Gasteiger partial charge in [-0.25, -0.2) is 0 Å². The molecule has 0 atom stereocenters. The Balaban J connectivity index is 1.83. The number of hydrogen-bond acceptors (Lipinski definition) is 4. The van der Waals surface area contributed by atoms with Gasteiger partial charge in [0.1, 0.15) is 5.76 Å². The van der Waals surface area contributed by atoms with E-state index in [2.05, 4.69) is 23.9 Å². The van der Waals surface area contributed by atoms with E-state index in [1.807, 2.05) is 4.90 Å². The van der Waals surface area contributed by atoms with Crippen LogP contribution in [0, 0.1) is 12.8 Å². The molecule has 1 fully saturated rings. The summed E-state index contributed by atoms with van der Waals surface area (Å²) in [5.41, 5.74) is 0.435. The van der Waals surface area contributed by atoms with Crippen LogP contribution in [0.25, 0.3) is 0 Å². The molecule has 0 radical (unpaired) electrons. The van der Waals surface area contributed by atoms with Gasteiger partial charge in [0.15, 0.2) is 5.69 Å². The third-order valence-corrected chi connectivity index (χ3v) is 4.16. The van der Waals surface area contributed by atoms with Crippen molar-refractivity contribution < 1.29 is 9.32 Å². The quantitative estimate of drug-likeness (QED) is 0.829. The molecule has 1 amide bonds. The third kappa shape index (κ3) is 3.60. The highest BCUT2D eigenvalue weighted by molar-refractivity contribution is 5.92. The van der Waals surface area contributed by atoms with E-state index in [0.717, 1.165) is 45.6 Å². The van der Waals surface area contributed by atoms with Crippen LogP contribution in [0.2, 0.25) is 0 Å². The first-order chi connectivity index (χ1) is 9.63. The summed E-state index contributed by atoms with van der Waals surface area (Å²) in [7, 11) is 0. The van der Waals surface area contributed by atoms with Gasteiger partial charge >= 0.3 is 0 Å². The summed E-state index contributed by atoms with van der Waals surface area (Å²) in [5.74, 6) is 1.39. The molecule has 2 rings (SSSR count). The van der Waals surface area contributed by atoms with Gasteiger partial charge in [-0.1, -0.05) is 19.0 Å². The SMILES string of the molecule is CCN(CC)CC1CCN(C(=O)c2cc(C)on2)CC1. The summed E-state index contributed by atoms with van der Waals surface area (Å²) in [6.07, 6.45) is 2.16. The van der Waals surface area contributed by atoms with Crippen molar-refractivity contribution in [2.75, 3.05) is 32.7 Å². The first-order valence-electron chi connectivity index (χ1n) is 7.59. The Hall–Kier alpha value is -1.36. The van der Waals surface area contributed by atoms with Crippen LogP contribution in [0.3, 0.4) is 0 Å². The first kappa shape index (κ1) is 15.0. The van der Waals surface area contributed by atoms with Gasteiger partial charge < -0.3 is 14.3 Å². The standard InChI is InChI=1S/C15H25N3O2/c1-4-17(5-2)11-13-6-8-18(9-7-13)15(19)14-10-12(3)20-16-14/h10,13H,4-9,11H2,1-3H3. The second-order valence-electron chi connectivity index (χ2n) is 5.54. The Morgan fingerprint density at radius 1 is 1.40 bits per heavy atom. The van der Waals surface area contributed by atoms with E-state index >= 15 is 0 Å². The van der Waals surface area contributed by atoms with Gasteiger partial charge in [-0.15, -0.1) is 0 Å². The van der Waals surface area contributed by atoms with E-state index in [-0.39, 0.29) is 5.91 Å². The zero-order valence-electron chi connectivity index (χ0n) is 12.8. The number of likely N-dealkylation sites (tertiary alicyclic amines) is 1. The molecule has 1 aromatic heterocycles. The summed E-state index contributed by atoms with van der Waals surface area (Å²) < 4.78 is 4.98. The summed E-state index contributed by atoms with van der Waals surface area (Å²) in [4.78, 5) is 16.6. The molecule has 0 unspecified atom stereocenters. The molecule has 0 aromatic carbocycles. The second-order valence-corrected chi connectivity index (χ2v) is 5.54. The molecular weight excluding hydrogens is 254 g/mol. The lowest BCUT2D eigenvalue weighted by Crippen LogP contribution is -2.41. The lowest BCUT2D eigenvalue weighted by molar-refractivity contribution is 0.0659. The van der Waals surface area contributed by atoms with Crippen LogP contribution >= 0.6 is 0 Å². The van der Waals surface area contributed by atoms with E-state index in [9.17, 15) is 4.79 Å². The second kappa shape index (κ2) is 6.88. The summed E-state index contributed by atoms with van der Waals surface area (Å²) >= 11 is 0. The van der Waals surface area contributed by atoms with Crippen LogP contribution in [0.4, 0.5) is 0 Å². The maximum atomic E-state index is 12.2. The van der Waals surface area contributed by atoms with Gasteiger partial charge in [0.25, 0.3) is 5.91 Å². The average molecular weight is 279 g/mol. The Morgan fingerprint density at radius 3 is 2.55 bits per heavy atom. The maximum Gasteiger partial charge on any atom is 0.276 e. The predicted molar refractivity (Wildman–Crippen MR) is 77.7 cm³/mol. The first-order valence-corrected chi connectivity index (χ1v) is 7.59. The van der Waals surface area contributed by atoms with E-state index in [1.54, 1.807) is 13.0 Å². The normalized spacial score (nSPS) is 16.9. The summed E-state index contributed by atoms with van der Waals surface area (Å²) in [5, 5.41) is 3.81. The Morgan fingerprint density at radius 2 is 2.05 bits per heavy atom. The number of aromatic nitrogens is 1. The lowest BCUT2D eigenvalue weighted by Gasteiger charge is -2.34. The highest BCUT2D eigenvalue weighted by atomic mass is 16.5. The van der Waals surface area contributed by atoms with Gasteiger partial charge in [-0.3, -0.25) is 4.79 Å². The molecule has 1 saturated heterocycles. The largest absolute Gasteiger partial charge is 0.361 e. The Kier molecular flexibility index (Phi) is 5.17. The van der Waals surface area contributed by atoms with Crippen molar-refractivity contribution in [1.29, 1.82) is 0 Å². The number of aryl methyl sites for hydroxylation is 1. The molecule has 0 aliphatic carbocycles. The fourth-order valence-corrected chi connectivity index (χ4v) is 2.79. The van der Waals surface area contributed by atoms with E-state index in [4.69, 9.17) is 4.52 Å². The number of nitrogens with zero attached hydrogens (tertiary/aromatic N) is 3. The van der Waals surface area contributed by atoms with Crippen molar-refractivity contribution in [1.82, 2.24) is 15.0 Å². The minimum atomic E-state index is 0.00291. The highest BCUT2D eigenvalue weighted by Gasteiger charge is 2.26. The van der Waals surface area contributed by atoms with Crippen molar-refractivity contribution in [3.8, 4) is 0 Å². The molecule has 1 aliphatic heterocycles. The Bertz CT molecular complexity index is 432. The molecule has 1 aromatic rings. The third-order valence-electron chi connectivity index (χ3n) is 4.16. The number of rotatable bonds is 5. The number of hydrogen-bond donors (Lipinski definition) is 0. The molecular formula is C15H25N3O2. The van der Waals surface area contributed by atoms with Gasteiger partial charge in [0.2, 0.25) is 0 Å². The minimum Gasteiger partial charge on any atom is -0.361 e. The van der Waals surface area contributed by atoms with Crippen LogP contribution < -0.4 is 0 Å². The van der Waals surface area contributed by atoms with Crippen LogP contribution in [0.15, 0.2) is 10.6 Å². The minimum absolute atomic E-state index is 0.00291. The molecule has 112 valence electrons. The fourth-order valence-electron chi connectivity index (χ4n) is 2.79. The monoisotopic (exact) mass is 279 g/mol. The molecule has 5 nitrogen and oxygen atoms in total. The molecule has 1 aliphatic rings. The maximum absolute atomic E-state index is 12.2. The average Bonchev–Trinajstić information content (AvgIpc) is 2.91. The number of carbonyl (C=O) groups excluding carboxylic acids is 1. The van der Waals surface area contributed by atoms with Gasteiger partial charge in [0, 0.05) is 25.7 Å². The Labute approximate surface area is 120 Å². The summed E-state index contributed by atoms with van der Waals surface area (Å²) in [6.45, 7) is 11.2. The van der Waals surface area contributed by atoms with Crippen molar-refractivity contribution in [2.45, 2.75) is 33.6 Å². The molecule has 2 heterocycles. The zero-order valence-corrected chi connectivity index (χ0v) is 12.8. The lowest BCUT2D eigenvalue weighted by atomic mass is 9.96. The van der Waals surface area contributed by atoms with E-state index in [0.29, 0.717) is 17.4 Å². The molecule has 0 saturated carbocycles. The molecule has 0 N–H and O–H groups in total. The van der Waals surface area contributed by atoms with E-state index < -0.39 is 0 Å². The topological polar surface area (TPSA) is 49.6 Å². The smallest absolute Gasteiger partial charge is 0.276 e. The highest BCUT2D eigenvalue weighted by Crippen LogP contribution is 2.20. The number of carbonyl (C=O) groups is 1. The molecule has 5 heteroatoms. The number of piperidine rings is 1. The van der Waals surface area contributed by atoms with Gasteiger partial charge in [0.05, 0.1) is 0 Å². The van der Waals surface area contributed by atoms with Gasteiger partial charge in [-0.2, -0.15) is 0 Å². The van der Waals surface area contributed by atoms with Crippen molar-refractivity contribution >= 4 is 5.91 Å².